The van der Waals surface area contributed by atoms with E-state index in [2.05, 4.69) is 9.80 Å². The molecule has 30 heavy (non-hydrogen) atoms. The zero-order valence-electron chi connectivity index (χ0n) is 17.4. The molecule has 0 saturated carbocycles. The topological polar surface area (TPSA) is 47.1 Å². The molecule has 2 aromatic rings. The van der Waals surface area contributed by atoms with Crippen molar-refractivity contribution in [1.82, 2.24) is 19.6 Å². The van der Waals surface area contributed by atoms with Crippen molar-refractivity contribution in [1.29, 1.82) is 0 Å². The first-order valence-corrected chi connectivity index (χ1v) is 10.8. The third-order valence-electron chi connectivity index (χ3n) is 6.09. The summed E-state index contributed by atoms with van der Waals surface area (Å²) in [6, 6.07) is 19.1. The minimum absolute atomic E-state index is 0.107. The highest BCUT2D eigenvalue weighted by Crippen LogP contribution is 2.11. The third-order valence-corrected chi connectivity index (χ3v) is 6.09. The molecule has 2 bridgehead atoms. The van der Waals surface area contributed by atoms with Crippen LogP contribution >= 0.6 is 0 Å². The van der Waals surface area contributed by atoms with E-state index in [4.69, 9.17) is 0 Å². The fraction of sp³-hybridized carbons (Fsp3) is 0.417. The lowest BCUT2D eigenvalue weighted by atomic mass is 10.2. The van der Waals surface area contributed by atoms with Crippen molar-refractivity contribution < 1.29 is 9.59 Å². The van der Waals surface area contributed by atoms with Gasteiger partial charge in [-0.15, -0.1) is 0 Å². The molecule has 0 N–H and O–H groups in total. The van der Waals surface area contributed by atoms with E-state index in [0.29, 0.717) is 26.2 Å². The van der Waals surface area contributed by atoms with Crippen LogP contribution in [0, 0.1) is 0 Å². The number of amides is 2. The van der Waals surface area contributed by atoms with Crippen molar-refractivity contribution in [3.8, 4) is 0 Å². The molecule has 6 heteroatoms. The van der Waals surface area contributed by atoms with E-state index in [-0.39, 0.29) is 11.8 Å². The number of hydrogen-bond donors (Lipinski definition) is 0. The maximum atomic E-state index is 13.0. The summed E-state index contributed by atoms with van der Waals surface area (Å²) in [5.74, 6) is 0.214. The van der Waals surface area contributed by atoms with Gasteiger partial charge in [-0.3, -0.25) is 19.4 Å². The second kappa shape index (κ2) is 9.87. The molecule has 6 nitrogen and oxygen atoms in total. The second-order valence-electron chi connectivity index (χ2n) is 8.00. The molecule has 0 atom stereocenters. The molecule has 0 spiro atoms. The average molecular weight is 407 g/mol. The van der Waals surface area contributed by atoms with Crippen LogP contribution in [0.25, 0.3) is 0 Å². The molecule has 2 aromatic carbocycles. The Bertz CT molecular complexity index is 755. The van der Waals surface area contributed by atoms with Crippen molar-refractivity contribution in [2.24, 2.45) is 0 Å². The quantitative estimate of drug-likeness (QED) is 0.764. The minimum Gasteiger partial charge on any atom is -0.336 e. The Morgan fingerprint density at radius 2 is 0.767 bits per heavy atom. The van der Waals surface area contributed by atoms with Gasteiger partial charge >= 0.3 is 0 Å². The maximum Gasteiger partial charge on any atom is 0.253 e. The van der Waals surface area contributed by atoms with Crippen molar-refractivity contribution in [3.05, 3.63) is 71.8 Å². The smallest absolute Gasteiger partial charge is 0.253 e. The Labute approximate surface area is 178 Å². The summed E-state index contributed by atoms with van der Waals surface area (Å²) in [4.78, 5) is 34.7. The van der Waals surface area contributed by atoms with Gasteiger partial charge in [0.2, 0.25) is 0 Å². The van der Waals surface area contributed by atoms with E-state index < -0.39 is 0 Å². The molecule has 2 saturated heterocycles. The van der Waals surface area contributed by atoms with Crippen LogP contribution in [0.1, 0.15) is 20.7 Å². The normalized spacial score (nSPS) is 22.8. The summed E-state index contributed by atoms with van der Waals surface area (Å²) < 4.78 is 0. The first-order chi connectivity index (χ1) is 14.7. The van der Waals surface area contributed by atoms with Gasteiger partial charge in [0.15, 0.2) is 0 Å². The van der Waals surface area contributed by atoms with Gasteiger partial charge in [0, 0.05) is 76.6 Å². The summed E-state index contributed by atoms with van der Waals surface area (Å²) in [6.07, 6.45) is 0. The standard InChI is InChI=1S/C24H30N4O2/c29-23(21-7-3-1-4-8-21)27-17-13-25-11-12-26(14-18-27)16-20-28(19-15-25)24(30)22-9-5-2-6-10-22/h1-10H,11-20H2. The first kappa shape index (κ1) is 20.6. The Morgan fingerprint density at radius 3 is 1.10 bits per heavy atom. The molecule has 2 aliphatic heterocycles. The third kappa shape index (κ3) is 5.07. The lowest BCUT2D eigenvalue weighted by molar-refractivity contribution is 0.0692. The lowest BCUT2D eigenvalue weighted by Gasteiger charge is -2.30. The number of carbonyl (C=O) groups excluding carboxylic acids is 2. The number of rotatable bonds is 2. The molecule has 2 amide bonds. The predicted molar refractivity (Wildman–Crippen MR) is 118 cm³/mol. The SMILES string of the molecule is O=C(c1ccccc1)N1CCN2CCN(CC1)CCN(C(=O)c1ccccc1)CC2. The molecule has 0 aliphatic carbocycles. The van der Waals surface area contributed by atoms with Crippen molar-refractivity contribution in [2.45, 2.75) is 0 Å². The van der Waals surface area contributed by atoms with Gasteiger partial charge < -0.3 is 9.80 Å². The number of carbonyl (C=O) groups is 2. The highest BCUT2D eigenvalue weighted by Gasteiger charge is 2.24. The molecular weight excluding hydrogens is 376 g/mol. The van der Waals surface area contributed by atoms with Crippen LogP contribution in [0.2, 0.25) is 0 Å². The van der Waals surface area contributed by atoms with E-state index >= 15 is 0 Å². The summed E-state index contributed by atoms with van der Waals surface area (Å²) in [5.41, 5.74) is 1.50. The molecule has 2 aliphatic rings. The average Bonchev–Trinajstić information content (AvgIpc) is 2.96. The number of nitrogens with zero attached hydrogens (tertiary/aromatic N) is 4. The zero-order chi connectivity index (χ0) is 20.8. The van der Waals surface area contributed by atoms with Gasteiger partial charge in [-0.1, -0.05) is 36.4 Å². The molecule has 0 aromatic heterocycles. The Kier molecular flexibility index (Phi) is 6.77. The monoisotopic (exact) mass is 406 g/mol. The first-order valence-electron chi connectivity index (χ1n) is 10.8. The highest BCUT2D eigenvalue weighted by molar-refractivity contribution is 5.94. The van der Waals surface area contributed by atoms with E-state index in [1.807, 2.05) is 70.5 Å². The fourth-order valence-corrected chi connectivity index (χ4v) is 4.16. The molecule has 0 unspecified atom stereocenters. The van der Waals surface area contributed by atoms with Crippen LogP contribution in [0.15, 0.2) is 60.7 Å². The Balaban J connectivity index is 1.45. The summed E-state index contributed by atoms with van der Waals surface area (Å²) >= 11 is 0. The van der Waals surface area contributed by atoms with Crippen LogP contribution in [-0.4, -0.2) is 96.9 Å². The van der Waals surface area contributed by atoms with Crippen molar-refractivity contribution in [2.75, 3.05) is 65.4 Å². The number of benzene rings is 2. The molecular formula is C24H30N4O2. The van der Waals surface area contributed by atoms with Crippen LogP contribution in [0.5, 0.6) is 0 Å². The van der Waals surface area contributed by atoms with E-state index in [1.54, 1.807) is 0 Å². The van der Waals surface area contributed by atoms with Gasteiger partial charge in [0.25, 0.3) is 11.8 Å². The van der Waals surface area contributed by atoms with E-state index in [1.165, 1.54) is 0 Å². The van der Waals surface area contributed by atoms with Gasteiger partial charge in [-0.2, -0.15) is 0 Å². The second-order valence-corrected chi connectivity index (χ2v) is 8.00. The fourth-order valence-electron chi connectivity index (χ4n) is 4.16. The molecule has 0 radical (unpaired) electrons. The maximum absolute atomic E-state index is 13.0. The van der Waals surface area contributed by atoms with Gasteiger partial charge in [-0.05, 0) is 24.3 Å². The van der Waals surface area contributed by atoms with Crippen LogP contribution in [-0.2, 0) is 0 Å². The van der Waals surface area contributed by atoms with Crippen molar-refractivity contribution >= 4 is 11.8 Å². The van der Waals surface area contributed by atoms with Crippen LogP contribution in [0.3, 0.4) is 0 Å². The summed E-state index contributed by atoms with van der Waals surface area (Å²) in [5, 5.41) is 0. The lowest BCUT2D eigenvalue weighted by Crippen LogP contribution is -2.45. The van der Waals surface area contributed by atoms with Gasteiger partial charge in [0.1, 0.15) is 0 Å². The highest BCUT2D eigenvalue weighted by atomic mass is 16.2. The molecule has 2 fully saturated rings. The van der Waals surface area contributed by atoms with E-state index in [0.717, 1.165) is 50.4 Å². The number of hydrogen-bond acceptors (Lipinski definition) is 4. The van der Waals surface area contributed by atoms with Crippen LogP contribution < -0.4 is 0 Å². The zero-order valence-corrected chi connectivity index (χ0v) is 17.4. The number of fused-ring (bicyclic) bond motifs is 3. The van der Waals surface area contributed by atoms with Gasteiger partial charge in [-0.25, -0.2) is 0 Å². The largest absolute Gasteiger partial charge is 0.336 e. The van der Waals surface area contributed by atoms with Gasteiger partial charge in [0.05, 0.1) is 0 Å². The molecule has 4 rings (SSSR count). The Hall–Kier alpha value is -2.70. The summed E-state index contributed by atoms with van der Waals surface area (Å²) in [7, 11) is 0. The minimum atomic E-state index is 0.107. The summed E-state index contributed by atoms with van der Waals surface area (Å²) in [6.45, 7) is 8.14. The van der Waals surface area contributed by atoms with E-state index in [9.17, 15) is 9.59 Å². The molecule has 158 valence electrons. The van der Waals surface area contributed by atoms with Crippen molar-refractivity contribution in [3.63, 3.8) is 0 Å². The van der Waals surface area contributed by atoms with Crippen LogP contribution in [0.4, 0.5) is 0 Å². The molecule has 2 heterocycles. The predicted octanol–water partition coefficient (Wildman–Crippen LogP) is 1.90. The Morgan fingerprint density at radius 1 is 0.467 bits per heavy atom.